The second kappa shape index (κ2) is 6.95. The van der Waals surface area contributed by atoms with Gasteiger partial charge in [0.05, 0.1) is 13.2 Å². The molecular formula is C12H18N2O2. The lowest BCUT2D eigenvalue weighted by Gasteiger charge is -2.15. The molecular weight excluding hydrogens is 204 g/mol. The van der Waals surface area contributed by atoms with Gasteiger partial charge in [-0.15, -0.1) is 0 Å². The zero-order valence-corrected chi connectivity index (χ0v) is 9.85. The Morgan fingerprint density at radius 2 is 2.12 bits per heavy atom. The minimum Gasteiger partial charge on any atom is -0.375 e. The molecule has 0 atom stereocenters. The van der Waals surface area contributed by atoms with Crippen LogP contribution in [-0.2, 0) is 16.1 Å². The topological polar surface area (TPSA) is 42.4 Å². The molecule has 1 aromatic heterocycles. The van der Waals surface area contributed by atoms with Crippen molar-refractivity contribution in [3.8, 4) is 0 Å². The molecule has 0 spiro atoms. The minimum absolute atomic E-state index is 0.146. The quantitative estimate of drug-likeness (QED) is 0.684. The largest absolute Gasteiger partial charge is 0.375 e. The Bertz CT molecular complexity index is 314. The highest BCUT2D eigenvalue weighted by atomic mass is 16.5. The predicted molar refractivity (Wildman–Crippen MR) is 61.8 cm³/mol. The van der Waals surface area contributed by atoms with Crippen LogP contribution in [0.1, 0.15) is 18.9 Å². The number of ether oxygens (including phenoxy) is 1. The summed E-state index contributed by atoms with van der Waals surface area (Å²) in [5.74, 6) is 0.146. The van der Waals surface area contributed by atoms with E-state index in [2.05, 4.69) is 4.98 Å². The first-order valence-electron chi connectivity index (χ1n) is 5.44. The molecule has 88 valence electrons. The third kappa shape index (κ3) is 4.40. The summed E-state index contributed by atoms with van der Waals surface area (Å²) in [6, 6.07) is 3.84. The molecule has 4 nitrogen and oxygen atoms in total. The Hall–Kier alpha value is -1.42. The molecule has 1 rings (SSSR count). The van der Waals surface area contributed by atoms with Gasteiger partial charge in [0, 0.05) is 32.4 Å². The third-order valence-electron chi connectivity index (χ3n) is 2.32. The number of amides is 1. The Kier molecular flexibility index (Phi) is 5.50. The molecule has 1 amide bonds. The number of pyridine rings is 1. The fraction of sp³-hybridized carbons (Fsp3) is 0.500. The summed E-state index contributed by atoms with van der Waals surface area (Å²) in [7, 11) is 1.79. The van der Waals surface area contributed by atoms with Crippen LogP contribution in [0.15, 0.2) is 24.5 Å². The lowest BCUT2D eigenvalue weighted by atomic mass is 10.3. The van der Waals surface area contributed by atoms with Gasteiger partial charge in [-0.05, 0) is 17.7 Å². The molecule has 0 saturated carbocycles. The average Bonchev–Trinajstić information content (AvgIpc) is 2.34. The summed E-state index contributed by atoms with van der Waals surface area (Å²) >= 11 is 0. The van der Waals surface area contributed by atoms with Crippen molar-refractivity contribution in [1.29, 1.82) is 0 Å². The molecule has 0 bridgehead atoms. The second-order valence-electron chi connectivity index (χ2n) is 3.58. The summed E-state index contributed by atoms with van der Waals surface area (Å²) in [5.41, 5.74) is 1.10. The van der Waals surface area contributed by atoms with Gasteiger partial charge in [-0.3, -0.25) is 9.78 Å². The Morgan fingerprint density at radius 1 is 1.44 bits per heavy atom. The van der Waals surface area contributed by atoms with Gasteiger partial charge in [0.15, 0.2) is 0 Å². The summed E-state index contributed by atoms with van der Waals surface area (Å²) in [4.78, 5) is 16.9. The van der Waals surface area contributed by atoms with Crippen molar-refractivity contribution in [2.45, 2.75) is 20.0 Å². The number of rotatable bonds is 6. The fourth-order valence-corrected chi connectivity index (χ4v) is 1.27. The van der Waals surface area contributed by atoms with Crippen molar-refractivity contribution >= 4 is 5.91 Å². The molecule has 0 radical (unpaired) electrons. The van der Waals surface area contributed by atoms with Crippen molar-refractivity contribution in [2.75, 3.05) is 20.2 Å². The van der Waals surface area contributed by atoms with E-state index in [1.165, 1.54) is 0 Å². The summed E-state index contributed by atoms with van der Waals surface area (Å²) in [6.45, 7) is 3.62. The van der Waals surface area contributed by atoms with Crippen LogP contribution in [0, 0.1) is 0 Å². The molecule has 0 fully saturated rings. The summed E-state index contributed by atoms with van der Waals surface area (Å²) in [6.07, 6.45) is 4.03. The molecule has 0 saturated heterocycles. The van der Waals surface area contributed by atoms with E-state index in [1.807, 2.05) is 19.1 Å². The van der Waals surface area contributed by atoms with Crippen LogP contribution in [0.2, 0.25) is 0 Å². The van der Waals surface area contributed by atoms with Gasteiger partial charge in [0.25, 0.3) is 0 Å². The van der Waals surface area contributed by atoms with E-state index < -0.39 is 0 Å². The molecule has 16 heavy (non-hydrogen) atoms. The van der Waals surface area contributed by atoms with Crippen molar-refractivity contribution in [3.63, 3.8) is 0 Å². The van der Waals surface area contributed by atoms with Gasteiger partial charge in [-0.25, -0.2) is 0 Å². The number of carbonyl (C=O) groups excluding carboxylic acids is 1. The molecule has 0 aliphatic heterocycles. The molecule has 4 heteroatoms. The molecule has 1 heterocycles. The van der Waals surface area contributed by atoms with Crippen LogP contribution in [0.4, 0.5) is 0 Å². The van der Waals surface area contributed by atoms with E-state index in [0.29, 0.717) is 26.2 Å². The molecule has 0 unspecified atom stereocenters. The van der Waals surface area contributed by atoms with Crippen molar-refractivity contribution in [1.82, 2.24) is 9.88 Å². The van der Waals surface area contributed by atoms with Gasteiger partial charge in [-0.2, -0.15) is 0 Å². The minimum atomic E-state index is 0.146. The second-order valence-corrected chi connectivity index (χ2v) is 3.58. The number of aromatic nitrogens is 1. The standard InChI is InChI=1S/C12H18N2O2/c1-3-12(15)14(2)8-9-16-10-11-4-6-13-7-5-11/h4-7H,3,8-10H2,1-2H3. The maximum absolute atomic E-state index is 11.2. The monoisotopic (exact) mass is 222 g/mol. The molecule has 0 aliphatic rings. The van der Waals surface area contributed by atoms with Crippen LogP contribution in [-0.4, -0.2) is 36.0 Å². The van der Waals surface area contributed by atoms with E-state index in [1.54, 1.807) is 24.3 Å². The highest BCUT2D eigenvalue weighted by molar-refractivity contribution is 5.75. The Labute approximate surface area is 96.2 Å². The van der Waals surface area contributed by atoms with Crippen LogP contribution in [0.25, 0.3) is 0 Å². The normalized spacial score (nSPS) is 10.1. The number of hydrogen-bond donors (Lipinski definition) is 0. The van der Waals surface area contributed by atoms with Crippen LogP contribution in [0.5, 0.6) is 0 Å². The first-order valence-corrected chi connectivity index (χ1v) is 5.44. The molecule has 0 N–H and O–H groups in total. The zero-order valence-electron chi connectivity index (χ0n) is 9.85. The lowest BCUT2D eigenvalue weighted by molar-refractivity contribution is -0.130. The summed E-state index contributed by atoms with van der Waals surface area (Å²) < 4.78 is 5.46. The van der Waals surface area contributed by atoms with E-state index in [4.69, 9.17) is 4.74 Å². The predicted octanol–water partition coefficient (Wildman–Crippen LogP) is 1.47. The van der Waals surface area contributed by atoms with Crippen LogP contribution < -0.4 is 0 Å². The number of nitrogens with zero attached hydrogens (tertiary/aromatic N) is 2. The first kappa shape index (κ1) is 12.6. The molecule has 1 aromatic rings. The van der Waals surface area contributed by atoms with E-state index in [-0.39, 0.29) is 5.91 Å². The van der Waals surface area contributed by atoms with Crippen molar-refractivity contribution in [3.05, 3.63) is 30.1 Å². The van der Waals surface area contributed by atoms with Crippen molar-refractivity contribution < 1.29 is 9.53 Å². The van der Waals surface area contributed by atoms with E-state index >= 15 is 0 Å². The van der Waals surface area contributed by atoms with E-state index in [0.717, 1.165) is 5.56 Å². The lowest BCUT2D eigenvalue weighted by Crippen LogP contribution is -2.29. The van der Waals surface area contributed by atoms with Crippen molar-refractivity contribution in [2.24, 2.45) is 0 Å². The molecule has 0 aliphatic carbocycles. The Balaban J connectivity index is 2.15. The van der Waals surface area contributed by atoms with Gasteiger partial charge in [0.1, 0.15) is 0 Å². The van der Waals surface area contributed by atoms with Gasteiger partial charge in [-0.1, -0.05) is 6.92 Å². The van der Waals surface area contributed by atoms with E-state index in [9.17, 15) is 4.79 Å². The van der Waals surface area contributed by atoms with Crippen LogP contribution in [0.3, 0.4) is 0 Å². The maximum atomic E-state index is 11.2. The highest BCUT2D eigenvalue weighted by Gasteiger charge is 2.04. The molecule has 0 aromatic carbocycles. The van der Waals surface area contributed by atoms with Gasteiger partial charge < -0.3 is 9.64 Å². The smallest absolute Gasteiger partial charge is 0.222 e. The third-order valence-corrected chi connectivity index (χ3v) is 2.32. The zero-order chi connectivity index (χ0) is 11.8. The number of hydrogen-bond acceptors (Lipinski definition) is 3. The SMILES string of the molecule is CCC(=O)N(C)CCOCc1ccncc1. The van der Waals surface area contributed by atoms with Gasteiger partial charge in [0.2, 0.25) is 5.91 Å². The highest BCUT2D eigenvalue weighted by Crippen LogP contribution is 1.98. The fourth-order valence-electron chi connectivity index (χ4n) is 1.27. The van der Waals surface area contributed by atoms with Gasteiger partial charge >= 0.3 is 0 Å². The van der Waals surface area contributed by atoms with Crippen LogP contribution >= 0.6 is 0 Å². The Morgan fingerprint density at radius 3 is 2.75 bits per heavy atom. The summed E-state index contributed by atoms with van der Waals surface area (Å²) in [5, 5.41) is 0. The maximum Gasteiger partial charge on any atom is 0.222 e. The number of carbonyl (C=O) groups is 1. The first-order chi connectivity index (χ1) is 7.74. The average molecular weight is 222 g/mol. The number of likely N-dealkylation sites (N-methyl/N-ethyl adjacent to an activating group) is 1.